The summed E-state index contributed by atoms with van der Waals surface area (Å²) in [6, 6.07) is 0. The summed E-state index contributed by atoms with van der Waals surface area (Å²) >= 11 is 0. The van der Waals surface area contributed by atoms with Crippen LogP contribution in [-0.2, 0) is 28.6 Å². The van der Waals surface area contributed by atoms with Gasteiger partial charge in [0.15, 0.2) is 6.10 Å². The van der Waals surface area contributed by atoms with Crippen LogP contribution in [-0.4, -0.2) is 37.2 Å². The molecule has 320 valence electrons. The fourth-order valence-electron chi connectivity index (χ4n) is 7.21. The molecule has 6 nitrogen and oxygen atoms in total. The molecule has 0 amide bonds. The van der Waals surface area contributed by atoms with Crippen LogP contribution in [0.2, 0.25) is 0 Å². The summed E-state index contributed by atoms with van der Waals surface area (Å²) in [5.41, 5.74) is 0. The van der Waals surface area contributed by atoms with Gasteiger partial charge in [0, 0.05) is 19.3 Å². The van der Waals surface area contributed by atoms with Crippen LogP contribution in [0.1, 0.15) is 271 Å². The second kappa shape index (κ2) is 44.1. The standard InChI is InChI=1S/C48H92O6/c1-4-7-10-13-15-17-18-19-20-21-22-23-24-25-26-27-28-29-31-32-35-38-41-47(50)53-44-45(43-52-46(49)40-37-34-12-9-6-3)54-48(51)42-39-36-33-30-16-14-11-8-5-2/h45H,4-44H2,1-3H3. The largest absolute Gasteiger partial charge is 0.462 e. The fraction of sp³-hybridized carbons (Fsp3) is 0.938. The number of unbranched alkanes of at least 4 members (excludes halogenated alkanes) is 33. The summed E-state index contributed by atoms with van der Waals surface area (Å²) in [7, 11) is 0. The molecule has 0 bridgehead atoms. The molecule has 1 atom stereocenters. The molecule has 0 heterocycles. The SMILES string of the molecule is CCCCCCCCCCCCCCCCCCCCCCCCC(=O)OCC(COC(=O)CCCCCCC)OC(=O)CCCCCCCCCCC. The predicted octanol–water partition coefficient (Wildman–Crippen LogP) is 15.3. The van der Waals surface area contributed by atoms with E-state index in [-0.39, 0.29) is 31.1 Å². The summed E-state index contributed by atoms with van der Waals surface area (Å²) in [6.45, 7) is 6.56. The summed E-state index contributed by atoms with van der Waals surface area (Å²) < 4.78 is 16.6. The van der Waals surface area contributed by atoms with E-state index in [4.69, 9.17) is 14.2 Å². The Hall–Kier alpha value is -1.59. The van der Waals surface area contributed by atoms with Crippen molar-refractivity contribution in [3.8, 4) is 0 Å². The van der Waals surface area contributed by atoms with Gasteiger partial charge in [-0.2, -0.15) is 0 Å². The van der Waals surface area contributed by atoms with Crippen LogP contribution in [0.25, 0.3) is 0 Å². The van der Waals surface area contributed by atoms with E-state index in [1.165, 1.54) is 167 Å². The van der Waals surface area contributed by atoms with Gasteiger partial charge in [0.2, 0.25) is 0 Å². The molecule has 0 rings (SSSR count). The molecular weight excluding hydrogens is 673 g/mol. The van der Waals surface area contributed by atoms with Crippen LogP contribution < -0.4 is 0 Å². The Kier molecular flexibility index (Phi) is 42.8. The lowest BCUT2D eigenvalue weighted by Crippen LogP contribution is -2.30. The van der Waals surface area contributed by atoms with Crippen LogP contribution in [0.4, 0.5) is 0 Å². The predicted molar refractivity (Wildman–Crippen MR) is 229 cm³/mol. The van der Waals surface area contributed by atoms with Gasteiger partial charge >= 0.3 is 17.9 Å². The van der Waals surface area contributed by atoms with Gasteiger partial charge in [-0.25, -0.2) is 0 Å². The number of ether oxygens (including phenoxy) is 3. The van der Waals surface area contributed by atoms with Crippen LogP contribution in [0, 0.1) is 0 Å². The maximum absolute atomic E-state index is 12.6. The minimum Gasteiger partial charge on any atom is -0.462 e. The number of hydrogen-bond acceptors (Lipinski definition) is 6. The fourth-order valence-corrected chi connectivity index (χ4v) is 7.21. The van der Waals surface area contributed by atoms with E-state index in [9.17, 15) is 14.4 Å². The van der Waals surface area contributed by atoms with E-state index in [0.717, 1.165) is 64.2 Å². The average Bonchev–Trinajstić information content (AvgIpc) is 3.17. The smallest absolute Gasteiger partial charge is 0.306 e. The minimum absolute atomic E-state index is 0.0641. The van der Waals surface area contributed by atoms with Crippen molar-refractivity contribution < 1.29 is 28.6 Å². The molecule has 1 unspecified atom stereocenters. The van der Waals surface area contributed by atoms with E-state index in [2.05, 4.69) is 20.8 Å². The monoisotopic (exact) mass is 765 g/mol. The average molecular weight is 765 g/mol. The third-order valence-electron chi connectivity index (χ3n) is 10.9. The normalized spacial score (nSPS) is 11.8. The second-order valence-electron chi connectivity index (χ2n) is 16.4. The maximum atomic E-state index is 12.6. The van der Waals surface area contributed by atoms with Gasteiger partial charge in [0.05, 0.1) is 0 Å². The van der Waals surface area contributed by atoms with Crippen LogP contribution in [0.3, 0.4) is 0 Å². The van der Waals surface area contributed by atoms with E-state index >= 15 is 0 Å². The summed E-state index contributed by atoms with van der Waals surface area (Å²) in [5, 5.41) is 0. The highest BCUT2D eigenvalue weighted by Gasteiger charge is 2.19. The van der Waals surface area contributed by atoms with Crippen LogP contribution in [0.5, 0.6) is 0 Å². The summed E-state index contributed by atoms with van der Waals surface area (Å²) in [6.07, 6.45) is 45.7. The Morgan fingerprint density at radius 2 is 0.500 bits per heavy atom. The van der Waals surface area contributed by atoms with Crippen LogP contribution in [0.15, 0.2) is 0 Å². The van der Waals surface area contributed by atoms with Crippen molar-refractivity contribution in [2.75, 3.05) is 13.2 Å². The molecule has 0 aromatic rings. The Balaban J connectivity index is 3.98. The molecule has 0 N–H and O–H groups in total. The molecular formula is C48H92O6. The maximum Gasteiger partial charge on any atom is 0.306 e. The summed E-state index contributed by atoms with van der Waals surface area (Å²) in [4.78, 5) is 37.4. The van der Waals surface area contributed by atoms with Crippen molar-refractivity contribution in [1.82, 2.24) is 0 Å². The zero-order chi connectivity index (χ0) is 39.4. The minimum atomic E-state index is -0.756. The lowest BCUT2D eigenvalue weighted by atomic mass is 10.0. The van der Waals surface area contributed by atoms with Gasteiger partial charge in [0.1, 0.15) is 13.2 Å². The van der Waals surface area contributed by atoms with Gasteiger partial charge in [0.25, 0.3) is 0 Å². The molecule has 0 aliphatic rings. The van der Waals surface area contributed by atoms with Crippen molar-refractivity contribution in [3.63, 3.8) is 0 Å². The molecule has 0 aromatic heterocycles. The van der Waals surface area contributed by atoms with E-state index in [1.807, 2.05) is 0 Å². The van der Waals surface area contributed by atoms with Gasteiger partial charge in [-0.3, -0.25) is 14.4 Å². The van der Waals surface area contributed by atoms with E-state index < -0.39 is 6.10 Å². The zero-order valence-electron chi connectivity index (χ0n) is 36.5. The number of carbonyl (C=O) groups excluding carboxylic acids is 3. The second-order valence-corrected chi connectivity index (χ2v) is 16.4. The lowest BCUT2D eigenvalue weighted by Gasteiger charge is -2.18. The van der Waals surface area contributed by atoms with Crippen molar-refractivity contribution in [1.29, 1.82) is 0 Å². The van der Waals surface area contributed by atoms with Gasteiger partial charge in [-0.05, 0) is 19.3 Å². The Bertz CT molecular complexity index is 798. The van der Waals surface area contributed by atoms with Gasteiger partial charge < -0.3 is 14.2 Å². The molecule has 0 spiro atoms. The van der Waals surface area contributed by atoms with Gasteiger partial charge in [-0.1, -0.05) is 233 Å². The first kappa shape index (κ1) is 52.4. The number of carbonyl (C=O) groups is 3. The third-order valence-corrected chi connectivity index (χ3v) is 10.9. The molecule has 54 heavy (non-hydrogen) atoms. The lowest BCUT2D eigenvalue weighted by molar-refractivity contribution is -0.167. The number of esters is 3. The van der Waals surface area contributed by atoms with E-state index in [1.54, 1.807) is 0 Å². The first-order valence-corrected chi connectivity index (χ1v) is 24.0. The van der Waals surface area contributed by atoms with Crippen LogP contribution >= 0.6 is 0 Å². The quantitative estimate of drug-likeness (QED) is 0.0349. The molecule has 0 aliphatic carbocycles. The Labute approximate surface area is 336 Å². The third kappa shape index (κ3) is 41.6. The molecule has 0 fully saturated rings. The van der Waals surface area contributed by atoms with Crippen molar-refractivity contribution in [2.45, 2.75) is 277 Å². The Morgan fingerprint density at radius 1 is 0.296 bits per heavy atom. The highest BCUT2D eigenvalue weighted by Crippen LogP contribution is 2.16. The molecule has 0 saturated heterocycles. The summed E-state index contributed by atoms with van der Waals surface area (Å²) in [5.74, 6) is -0.868. The van der Waals surface area contributed by atoms with Gasteiger partial charge in [-0.15, -0.1) is 0 Å². The van der Waals surface area contributed by atoms with Crippen molar-refractivity contribution in [3.05, 3.63) is 0 Å². The Morgan fingerprint density at radius 3 is 0.741 bits per heavy atom. The zero-order valence-corrected chi connectivity index (χ0v) is 36.5. The van der Waals surface area contributed by atoms with Crippen molar-refractivity contribution in [2.24, 2.45) is 0 Å². The molecule has 0 radical (unpaired) electrons. The number of hydrogen-bond donors (Lipinski definition) is 0. The highest BCUT2D eigenvalue weighted by molar-refractivity contribution is 5.71. The molecule has 0 aromatic carbocycles. The molecule has 0 aliphatic heterocycles. The molecule has 0 saturated carbocycles. The van der Waals surface area contributed by atoms with Crippen molar-refractivity contribution >= 4 is 17.9 Å². The number of rotatable bonds is 44. The first-order chi connectivity index (χ1) is 26.5. The highest BCUT2D eigenvalue weighted by atomic mass is 16.6. The van der Waals surface area contributed by atoms with E-state index in [0.29, 0.717) is 19.3 Å². The first-order valence-electron chi connectivity index (χ1n) is 24.0. The topological polar surface area (TPSA) is 78.9 Å². The molecule has 6 heteroatoms.